The van der Waals surface area contributed by atoms with Crippen molar-refractivity contribution >= 4 is 0 Å². The van der Waals surface area contributed by atoms with E-state index in [1.54, 1.807) is 64.2 Å². The predicted octanol–water partition coefficient (Wildman–Crippen LogP) is 10.9. The first-order valence-corrected chi connectivity index (χ1v) is 16.4. The fourth-order valence-electron chi connectivity index (χ4n) is 9.85. The van der Waals surface area contributed by atoms with E-state index in [2.05, 4.69) is 34.6 Å². The molecule has 5 rings (SSSR count). The Kier molecular flexibility index (Phi) is 10.3. The number of hydrogen-bond donors (Lipinski definition) is 0. The molecule has 0 aromatic heterocycles. The molecule has 5 aliphatic rings. The number of hydrogen-bond acceptors (Lipinski definition) is 0. The predicted molar refractivity (Wildman–Crippen MR) is 150 cm³/mol. The Morgan fingerprint density at radius 1 is 0.588 bits per heavy atom. The molecule has 0 amide bonds. The van der Waals surface area contributed by atoms with E-state index in [0.717, 1.165) is 65.1 Å². The van der Waals surface area contributed by atoms with Crippen LogP contribution in [0.2, 0.25) is 0 Å². The Balaban J connectivity index is 0.000000231. The maximum Gasteiger partial charge on any atom is -0.0324 e. The standard InChI is InChI=1S/C24H42.C10H20/c1-17-11-13-21(15-17)24-22(14-12-19-7-4-3-5-8-19)18(2)16-20-9-6-10-23(20)24;1-8(2)10-6-4-9(3)5-7-10/h17-24H,3-16H2,1-2H3;8-10H,4-7H2,1-3H3. The molecule has 0 heterocycles. The highest BCUT2D eigenvalue weighted by atomic mass is 14.5. The van der Waals surface area contributed by atoms with E-state index >= 15 is 0 Å². The molecule has 5 fully saturated rings. The van der Waals surface area contributed by atoms with Crippen molar-refractivity contribution in [3.05, 3.63) is 0 Å². The van der Waals surface area contributed by atoms with Gasteiger partial charge in [-0.25, -0.2) is 0 Å². The molecule has 5 saturated carbocycles. The minimum absolute atomic E-state index is 0.924. The van der Waals surface area contributed by atoms with Gasteiger partial charge in [0.25, 0.3) is 0 Å². The summed E-state index contributed by atoms with van der Waals surface area (Å²) in [5.74, 6) is 11.7. The van der Waals surface area contributed by atoms with Crippen molar-refractivity contribution in [2.45, 2.75) is 150 Å². The topological polar surface area (TPSA) is 0 Å². The van der Waals surface area contributed by atoms with Crippen LogP contribution in [-0.4, -0.2) is 0 Å². The highest BCUT2D eigenvalue weighted by Gasteiger charge is 2.48. The quantitative estimate of drug-likeness (QED) is 0.374. The summed E-state index contributed by atoms with van der Waals surface area (Å²) in [6.45, 7) is 12.3. The summed E-state index contributed by atoms with van der Waals surface area (Å²) < 4.78 is 0. The summed E-state index contributed by atoms with van der Waals surface area (Å²) in [6.07, 6.45) is 27.7. The van der Waals surface area contributed by atoms with Crippen molar-refractivity contribution in [3.63, 3.8) is 0 Å². The molecule has 198 valence electrons. The van der Waals surface area contributed by atoms with Crippen LogP contribution in [0.15, 0.2) is 0 Å². The molecule has 0 nitrogen and oxygen atoms in total. The van der Waals surface area contributed by atoms with Gasteiger partial charge < -0.3 is 0 Å². The van der Waals surface area contributed by atoms with E-state index < -0.39 is 0 Å². The van der Waals surface area contributed by atoms with Crippen LogP contribution in [0.3, 0.4) is 0 Å². The normalized spacial score (nSPS) is 43.4. The summed E-state index contributed by atoms with van der Waals surface area (Å²) in [4.78, 5) is 0. The summed E-state index contributed by atoms with van der Waals surface area (Å²) >= 11 is 0. The van der Waals surface area contributed by atoms with E-state index in [9.17, 15) is 0 Å². The molecule has 0 N–H and O–H groups in total. The Morgan fingerprint density at radius 3 is 1.94 bits per heavy atom. The van der Waals surface area contributed by atoms with Crippen LogP contribution < -0.4 is 0 Å². The van der Waals surface area contributed by atoms with Crippen LogP contribution in [-0.2, 0) is 0 Å². The first-order chi connectivity index (χ1) is 16.4. The molecular formula is C34H62. The molecule has 0 heteroatoms. The van der Waals surface area contributed by atoms with Crippen LogP contribution in [0, 0.1) is 65.1 Å². The van der Waals surface area contributed by atoms with Crippen molar-refractivity contribution in [1.82, 2.24) is 0 Å². The van der Waals surface area contributed by atoms with Crippen LogP contribution in [0.5, 0.6) is 0 Å². The minimum Gasteiger partial charge on any atom is -0.0625 e. The van der Waals surface area contributed by atoms with Gasteiger partial charge in [-0.05, 0) is 110 Å². The van der Waals surface area contributed by atoms with Crippen LogP contribution in [0.25, 0.3) is 0 Å². The lowest BCUT2D eigenvalue weighted by atomic mass is 9.57. The molecule has 0 aromatic carbocycles. The largest absolute Gasteiger partial charge is 0.0625 e. The van der Waals surface area contributed by atoms with Crippen LogP contribution in [0.1, 0.15) is 150 Å². The summed E-state index contributed by atoms with van der Waals surface area (Å²) in [7, 11) is 0. The van der Waals surface area contributed by atoms with Crippen molar-refractivity contribution in [2.75, 3.05) is 0 Å². The van der Waals surface area contributed by atoms with E-state index in [0.29, 0.717) is 0 Å². The van der Waals surface area contributed by atoms with Gasteiger partial charge in [-0.3, -0.25) is 0 Å². The second kappa shape index (κ2) is 13.0. The average Bonchev–Trinajstić information content (AvgIpc) is 3.47. The lowest BCUT2D eigenvalue weighted by molar-refractivity contribution is 0.0121. The van der Waals surface area contributed by atoms with Gasteiger partial charge >= 0.3 is 0 Å². The second-order valence-corrected chi connectivity index (χ2v) is 14.8. The zero-order valence-electron chi connectivity index (χ0n) is 24.1. The van der Waals surface area contributed by atoms with E-state index in [-0.39, 0.29) is 0 Å². The molecule has 7 unspecified atom stereocenters. The monoisotopic (exact) mass is 470 g/mol. The number of rotatable bonds is 5. The Morgan fingerprint density at radius 2 is 1.29 bits per heavy atom. The molecule has 0 radical (unpaired) electrons. The number of fused-ring (bicyclic) bond motifs is 1. The molecule has 0 saturated heterocycles. The fourth-order valence-corrected chi connectivity index (χ4v) is 9.85. The zero-order valence-corrected chi connectivity index (χ0v) is 24.1. The lowest BCUT2D eigenvalue weighted by Gasteiger charge is -2.48. The van der Waals surface area contributed by atoms with Gasteiger partial charge in [0.1, 0.15) is 0 Å². The van der Waals surface area contributed by atoms with Gasteiger partial charge in [-0.15, -0.1) is 0 Å². The SMILES string of the molecule is CC1CCC(C(C)C)CC1.CC1CCC(C2C(CCC3CCCCC3)C(C)CC3CCCC32)C1. The maximum atomic E-state index is 2.64. The summed E-state index contributed by atoms with van der Waals surface area (Å²) in [5.41, 5.74) is 0. The third-order valence-corrected chi connectivity index (χ3v) is 12.0. The summed E-state index contributed by atoms with van der Waals surface area (Å²) in [6, 6.07) is 0. The first-order valence-electron chi connectivity index (χ1n) is 16.4. The van der Waals surface area contributed by atoms with E-state index in [1.807, 2.05) is 0 Å². The molecule has 5 aliphatic carbocycles. The smallest absolute Gasteiger partial charge is 0.0324 e. The molecule has 0 aliphatic heterocycles. The highest BCUT2D eigenvalue weighted by molar-refractivity contribution is 4.98. The van der Waals surface area contributed by atoms with E-state index in [1.165, 1.54) is 51.4 Å². The van der Waals surface area contributed by atoms with Gasteiger partial charge in [-0.2, -0.15) is 0 Å². The van der Waals surface area contributed by atoms with Crippen LogP contribution in [0.4, 0.5) is 0 Å². The molecule has 0 aromatic rings. The highest BCUT2D eigenvalue weighted by Crippen LogP contribution is 2.57. The third kappa shape index (κ3) is 7.06. The van der Waals surface area contributed by atoms with Gasteiger partial charge in [0.05, 0.1) is 0 Å². The Bertz CT molecular complexity index is 563. The van der Waals surface area contributed by atoms with E-state index in [4.69, 9.17) is 0 Å². The molecule has 0 bridgehead atoms. The van der Waals surface area contributed by atoms with Gasteiger partial charge in [-0.1, -0.05) is 105 Å². The first kappa shape index (κ1) is 27.0. The molecule has 0 spiro atoms. The van der Waals surface area contributed by atoms with Crippen molar-refractivity contribution in [3.8, 4) is 0 Å². The van der Waals surface area contributed by atoms with Gasteiger partial charge in [0.15, 0.2) is 0 Å². The average molecular weight is 471 g/mol. The van der Waals surface area contributed by atoms with Crippen molar-refractivity contribution < 1.29 is 0 Å². The lowest BCUT2D eigenvalue weighted by Crippen LogP contribution is -2.41. The van der Waals surface area contributed by atoms with Gasteiger partial charge in [0, 0.05) is 0 Å². The Hall–Kier alpha value is 0. The van der Waals surface area contributed by atoms with Crippen molar-refractivity contribution in [1.29, 1.82) is 0 Å². The molecule has 34 heavy (non-hydrogen) atoms. The third-order valence-electron chi connectivity index (χ3n) is 12.0. The zero-order chi connectivity index (χ0) is 24.1. The fraction of sp³-hybridized carbons (Fsp3) is 1.00. The second-order valence-electron chi connectivity index (χ2n) is 14.8. The maximum absolute atomic E-state index is 2.64. The molecular weight excluding hydrogens is 408 g/mol. The summed E-state index contributed by atoms with van der Waals surface area (Å²) in [5, 5.41) is 0. The Labute approximate surface area is 215 Å². The minimum atomic E-state index is 0.924. The van der Waals surface area contributed by atoms with Gasteiger partial charge in [0.2, 0.25) is 0 Å². The van der Waals surface area contributed by atoms with Crippen molar-refractivity contribution in [2.24, 2.45) is 65.1 Å². The molecule has 7 atom stereocenters. The van der Waals surface area contributed by atoms with Crippen LogP contribution >= 0.6 is 0 Å².